The van der Waals surface area contributed by atoms with Gasteiger partial charge >= 0.3 is 15.6 Å². The second kappa shape index (κ2) is 17.3. The molecule has 1 heterocycles. The van der Waals surface area contributed by atoms with Crippen LogP contribution < -0.4 is 4.18 Å². The summed E-state index contributed by atoms with van der Waals surface area (Å²) in [5, 5.41) is 6.26. The van der Waals surface area contributed by atoms with Gasteiger partial charge in [-0.05, 0) is 97.4 Å². The van der Waals surface area contributed by atoms with Crippen LogP contribution in [0.3, 0.4) is 0 Å². The van der Waals surface area contributed by atoms with Gasteiger partial charge in [0.05, 0.1) is 0 Å². The van der Waals surface area contributed by atoms with E-state index in [1.165, 1.54) is 81.7 Å². The third kappa shape index (κ3) is 8.76. The van der Waals surface area contributed by atoms with Crippen molar-refractivity contribution in [2.75, 3.05) is 0 Å². The molecule has 0 fully saturated rings. The zero-order valence-electron chi connectivity index (χ0n) is 31.6. The minimum Gasteiger partial charge on any atom is -0.376 e. The molecule has 0 radical (unpaired) electrons. The monoisotopic (exact) mass is 773 g/mol. The van der Waals surface area contributed by atoms with E-state index in [2.05, 4.69) is 71.8 Å². The van der Waals surface area contributed by atoms with Crippen molar-refractivity contribution >= 4 is 42.4 Å². The van der Waals surface area contributed by atoms with Crippen LogP contribution in [0.4, 0.5) is 13.2 Å². The van der Waals surface area contributed by atoms with Crippen LogP contribution in [0.15, 0.2) is 128 Å². The van der Waals surface area contributed by atoms with E-state index in [9.17, 15) is 21.6 Å². The lowest BCUT2D eigenvalue weighted by Gasteiger charge is -2.18. The van der Waals surface area contributed by atoms with Crippen LogP contribution in [0.5, 0.6) is 5.75 Å². The van der Waals surface area contributed by atoms with Gasteiger partial charge in [0.25, 0.3) is 0 Å². The zero-order chi connectivity index (χ0) is 39.1. The van der Waals surface area contributed by atoms with E-state index >= 15 is 0 Å². The standard InChI is InChI=1S/C48H46F3NO3S/c1-2-3-4-5-6-7-8-9-10-11-16-40-32-38-26-25-37(31-39(38)33-52-40)34-21-23-35(24-22-34)46-42-17-12-14-19-44(42)47(45-20-15-13-18-43(45)46)36-27-29-41(30-28-36)55-56(53,54)48(49,50)51/h12-15,17-33H,2-11,16H2,1H3. The Bertz CT molecular complexity index is 2490. The highest BCUT2D eigenvalue weighted by Crippen LogP contribution is 2.44. The lowest BCUT2D eigenvalue weighted by atomic mass is 9.85. The number of aryl methyl sites for hydroxylation is 1. The maximum Gasteiger partial charge on any atom is 0.534 e. The number of unbranched alkanes of at least 4 members (excludes halogenated alkanes) is 9. The molecule has 6 aromatic carbocycles. The van der Waals surface area contributed by atoms with E-state index < -0.39 is 21.4 Å². The van der Waals surface area contributed by atoms with Gasteiger partial charge in [0.2, 0.25) is 0 Å². The normalized spacial score (nSPS) is 12.1. The third-order valence-corrected chi connectivity index (χ3v) is 11.6. The van der Waals surface area contributed by atoms with Crippen molar-refractivity contribution in [3.63, 3.8) is 0 Å². The smallest absolute Gasteiger partial charge is 0.376 e. The average molecular weight is 774 g/mol. The van der Waals surface area contributed by atoms with Gasteiger partial charge < -0.3 is 4.18 Å². The SMILES string of the molecule is CCCCCCCCCCCCc1cc2ccc(-c3ccc(-c4c5ccccc5c(-c5ccc(OS(=O)(=O)C(F)(F)F)cc5)c5ccccc45)cc3)cc2cn1. The highest BCUT2D eigenvalue weighted by molar-refractivity contribution is 7.88. The number of hydrogen-bond donors (Lipinski definition) is 0. The fourth-order valence-electron chi connectivity index (χ4n) is 7.73. The predicted molar refractivity (Wildman–Crippen MR) is 224 cm³/mol. The summed E-state index contributed by atoms with van der Waals surface area (Å²) >= 11 is 0. The molecule has 0 aliphatic rings. The van der Waals surface area contributed by atoms with Crippen LogP contribution in [0.25, 0.3) is 65.7 Å². The average Bonchev–Trinajstić information content (AvgIpc) is 3.20. The van der Waals surface area contributed by atoms with Gasteiger partial charge in [0, 0.05) is 17.3 Å². The molecule has 0 N–H and O–H groups in total. The topological polar surface area (TPSA) is 56.3 Å². The summed E-state index contributed by atoms with van der Waals surface area (Å²) in [6.07, 6.45) is 16.3. The Morgan fingerprint density at radius 1 is 0.536 bits per heavy atom. The van der Waals surface area contributed by atoms with E-state index in [1.54, 1.807) is 12.1 Å². The van der Waals surface area contributed by atoms with E-state index in [0.717, 1.165) is 66.9 Å². The number of halogens is 3. The molecule has 56 heavy (non-hydrogen) atoms. The van der Waals surface area contributed by atoms with E-state index in [4.69, 9.17) is 4.98 Å². The number of pyridine rings is 1. The molecule has 1 aromatic heterocycles. The van der Waals surface area contributed by atoms with Crippen LogP contribution in [0, 0.1) is 0 Å². The Morgan fingerprint density at radius 3 is 1.52 bits per heavy atom. The number of alkyl halides is 3. The summed E-state index contributed by atoms with van der Waals surface area (Å²) in [5.41, 5.74) is 1.58. The number of benzene rings is 6. The minimum atomic E-state index is -5.78. The number of rotatable bonds is 16. The van der Waals surface area contributed by atoms with E-state index in [-0.39, 0.29) is 0 Å². The fourth-order valence-corrected chi connectivity index (χ4v) is 8.19. The van der Waals surface area contributed by atoms with Crippen LogP contribution >= 0.6 is 0 Å². The number of fused-ring (bicyclic) bond motifs is 3. The summed E-state index contributed by atoms with van der Waals surface area (Å²) in [7, 11) is -5.78. The van der Waals surface area contributed by atoms with Crippen LogP contribution in [-0.2, 0) is 16.5 Å². The molecule has 0 saturated carbocycles. The van der Waals surface area contributed by atoms with E-state index in [1.807, 2.05) is 42.6 Å². The highest BCUT2D eigenvalue weighted by Gasteiger charge is 2.48. The molecule has 0 aliphatic carbocycles. The Morgan fingerprint density at radius 2 is 1.00 bits per heavy atom. The van der Waals surface area contributed by atoms with Gasteiger partial charge in [-0.1, -0.05) is 162 Å². The largest absolute Gasteiger partial charge is 0.534 e. The van der Waals surface area contributed by atoms with Crippen LogP contribution in [-0.4, -0.2) is 18.9 Å². The molecule has 0 amide bonds. The van der Waals surface area contributed by atoms with Gasteiger partial charge in [-0.15, -0.1) is 0 Å². The van der Waals surface area contributed by atoms with Crippen molar-refractivity contribution in [2.24, 2.45) is 0 Å². The van der Waals surface area contributed by atoms with Gasteiger partial charge in [-0.3, -0.25) is 4.98 Å². The molecule has 0 atom stereocenters. The highest BCUT2D eigenvalue weighted by atomic mass is 32.2. The van der Waals surface area contributed by atoms with Crippen molar-refractivity contribution in [2.45, 2.75) is 83.1 Å². The molecular formula is C48H46F3NO3S. The molecule has 0 spiro atoms. The quantitative estimate of drug-likeness (QED) is 0.0425. The molecule has 7 rings (SSSR count). The van der Waals surface area contributed by atoms with Crippen molar-refractivity contribution in [3.8, 4) is 39.1 Å². The van der Waals surface area contributed by atoms with Crippen LogP contribution in [0.2, 0.25) is 0 Å². The van der Waals surface area contributed by atoms with Gasteiger partial charge in [0.1, 0.15) is 5.75 Å². The summed E-state index contributed by atoms with van der Waals surface area (Å²) in [6.45, 7) is 2.26. The Labute approximate surface area is 327 Å². The van der Waals surface area contributed by atoms with E-state index in [0.29, 0.717) is 5.56 Å². The number of aromatic nitrogens is 1. The van der Waals surface area contributed by atoms with Crippen molar-refractivity contribution in [1.82, 2.24) is 4.98 Å². The molecule has 0 unspecified atom stereocenters. The van der Waals surface area contributed by atoms with Crippen molar-refractivity contribution < 1.29 is 25.8 Å². The molecule has 0 saturated heterocycles. The van der Waals surface area contributed by atoms with Crippen LogP contribution in [0.1, 0.15) is 76.8 Å². The number of hydrogen-bond acceptors (Lipinski definition) is 4. The first-order chi connectivity index (χ1) is 27.1. The first-order valence-corrected chi connectivity index (χ1v) is 21.1. The number of nitrogens with zero attached hydrogens (tertiary/aromatic N) is 1. The summed E-state index contributed by atoms with van der Waals surface area (Å²) in [4.78, 5) is 4.81. The van der Waals surface area contributed by atoms with Gasteiger partial charge in [-0.25, -0.2) is 0 Å². The maximum absolute atomic E-state index is 12.9. The van der Waals surface area contributed by atoms with Gasteiger partial charge in [0.15, 0.2) is 0 Å². The molecule has 0 bridgehead atoms. The summed E-state index contributed by atoms with van der Waals surface area (Å²) in [5.74, 6) is -0.414. The first kappa shape index (κ1) is 39.0. The molecule has 288 valence electrons. The maximum atomic E-state index is 12.9. The minimum absolute atomic E-state index is 0.414. The zero-order valence-corrected chi connectivity index (χ0v) is 32.4. The molecule has 8 heteroatoms. The fraction of sp³-hybridized carbons (Fsp3) is 0.271. The van der Waals surface area contributed by atoms with Gasteiger partial charge in [-0.2, -0.15) is 21.6 Å². The predicted octanol–water partition coefficient (Wildman–Crippen LogP) is 14.2. The Hall–Kier alpha value is -5.21. The first-order valence-electron chi connectivity index (χ1n) is 19.7. The Balaban J connectivity index is 1.10. The second-order valence-electron chi connectivity index (χ2n) is 14.6. The molecule has 0 aliphatic heterocycles. The third-order valence-electron chi connectivity index (χ3n) is 10.6. The molecule has 4 nitrogen and oxygen atoms in total. The summed E-state index contributed by atoms with van der Waals surface area (Å²) in [6, 6.07) is 39.1. The Kier molecular flexibility index (Phi) is 12.1. The molecule has 7 aromatic rings. The van der Waals surface area contributed by atoms with Crippen molar-refractivity contribution in [3.05, 3.63) is 133 Å². The lowest BCUT2D eigenvalue weighted by Crippen LogP contribution is -2.28. The molecular weight excluding hydrogens is 728 g/mol. The van der Waals surface area contributed by atoms with Crippen molar-refractivity contribution in [1.29, 1.82) is 0 Å². The second-order valence-corrected chi connectivity index (χ2v) is 16.1. The summed E-state index contributed by atoms with van der Waals surface area (Å²) < 4.78 is 66.4. The lowest BCUT2D eigenvalue weighted by molar-refractivity contribution is -0.0500.